The lowest BCUT2D eigenvalue weighted by atomic mass is 10.3. The number of aromatic carboxylic acids is 1. The van der Waals surface area contributed by atoms with E-state index in [9.17, 15) is 13.2 Å². The summed E-state index contributed by atoms with van der Waals surface area (Å²) in [7, 11) is -0.612. The third kappa shape index (κ3) is 3.26. The van der Waals surface area contributed by atoms with Crippen LogP contribution in [0, 0.1) is 0 Å². The monoisotopic (exact) mass is 310 g/mol. The zero-order valence-electron chi connectivity index (χ0n) is 11.5. The highest BCUT2D eigenvalue weighted by Gasteiger charge is 2.23. The molecule has 0 bridgehead atoms. The van der Waals surface area contributed by atoms with Crippen molar-refractivity contribution in [3.63, 3.8) is 0 Å². The van der Waals surface area contributed by atoms with E-state index in [1.54, 1.807) is 24.1 Å². The van der Waals surface area contributed by atoms with Gasteiger partial charge in [0.05, 0.1) is 11.8 Å². The van der Waals surface area contributed by atoms with E-state index in [2.05, 4.69) is 10.1 Å². The molecular formula is C12H14N4O4S. The number of sulfonamides is 1. The van der Waals surface area contributed by atoms with Gasteiger partial charge in [0.25, 0.3) is 10.0 Å². The molecule has 0 aliphatic heterocycles. The Morgan fingerprint density at radius 2 is 2.10 bits per heavy atom. The van der Waals surface area contributed by atoms with Crippen LogP contribution in [0.1, 0.15) is 15.9 Å². The number of hydrogen-bond acceptors (Lipinski definition) is 5. The number of hydrogen-bond donors (Lipinski definition) is 1. The van der Waals surface area contributed by atoms with E-state index in [4.69, 9.17) is 5.11 Å². The number of pyridine rings is 1. The van der Waals surface area contributed by atoms with Crippen LogP contribution in [0.15, 0.2) is 35.7 Å². The van der Waals surface area contributed by atoms with Gasteiger partial charge < -0.3 is 5.11 Å². The quantitative estimate of drug-likeness (QED) is 0.853. The highest BCUT2D eigenvalue weighted by molar-refractivity contribution is 7.89. The van der Waals surface area contributed by atoms with Crippen molar-refractivity contribution in [3.05, 3.63) is 41.9 Å². The standard InChI is InChI=1S/C12H14N4O4S/c1-15-7-9(5-14-15)8-16(2)21(19,20)11-4-3-10(6-13-11)12(17)18/h3-7H,8H2,1-2H3,(H,17,18). The van der Waals surface area contributed by atoms with Crippen molar-refractivity contribution in [2.24, 2.45) is 7.05 Å². The Morgan fingerprint density at radius 1 is 1.38 bits per heavy atom. The molecule has 0 spiro atoms. The van der Waals surface area contributed by atoms with Crippen LogP contribution in [0.5, 0.6) is 0 Å². The molecule has 1 N–H and O–H groups in total. The number of rotatable bonds is 5. The van der Waals surface area contributed by atoms with Gasteiger partial charge in [-0.1, -0.05) is 0 Å². The average molecular weight is 310 g/mol. The molecule has 2 rings (SSSR count). The Morgan fingerprint density at radius 3 is 2.57 bits per heavy atom. The van der Waals surface area contributed by atoms with E-state index in [0.29, 0.717) is 0 Å². The molecule has 0 radical (unpaired) electrons. The summed E-state index contributed by atoms with van der Waals surface area (Å²) in [6.07, 6.45) is 4.31. The largest absolute Gasteiger partial charge is 0.478 e. The zero-order chi connectivity index (χ0) is 15.6. The molecule has 2 aromatic heterocycles. The van der Waals surface area contributed by atoms with Gasteiger partial charge in [0.1, 0.15) is 0 Å². The summed E-state index contributed by atoms with van der Waals surface area (Å²) in [4.78, 5) is 14.4. The minimum absolute atomic E-state index is 0.0659. The van der Waals surface area contributed by atoms with Crippen LogP contribution in [0.4, 0.5) is 0 Å². The van der Waals surface area contributed by atoms with E-state index >= 15 is 0 Å². The van der Waals surface area contributed by atoms with Gasteiger partial charge in [-0.25, -0.2) is 18.2 Å². The van der Waals surface area contributed by atoms with Crippen LogP contribution in [-0.2, 0) is 23.6 Å². The Kier molecular flexibility index (Phi) is 4.05. The normalized spacial score (nSPS) is 11.8. The lowest BCUT2D eigenvalue weighted by Crippen LogP contribution is -2.27. The first-order chi connectivity index (χ1) is 9.80. The Hall–Kier alpha value is -2.26. The highest BCUT2D eigenvalue weighted by atomic mass is 32.2. The molecule has 0 aliphatic carbocycles. The molecule has 0 saturated carbocycles. The number of aryl methyl sites for hydroxylation is 1. The molecule has 0 atom stereocenters. The van der Waals surface area contributed by atoms with Gasteiger partial charge in [0.15, 0.2) is 5.03 Å². The van der Waals surface area contributed by atoms with Gasteiger partial charge in [-0.2, -0.15) is 9.40 Å². The molecule has 0 fully saturated rings. The number of carboxylic acid groups (broad SMARTS) is 1. The Labute approximate surface area is 121 Å². The van der Waals surface area contributed by atoms with Gasteiger partial charge in [-0.05, 0) is 12.1 Å². The number of nitrogens with zero attached hydrogens (tertiary/aromatic N) is 4. The fourth-order valence-corrected chi connectivity index (χ4v) is 2.78. The fourth-order valence-electron chi connectivity index (χ4n) is 1.71. The van der Waals surface area contributed by atoms with Crippen LogP contribution in [0.25, 0.3) is 0 Å². The van der Waals surface area contributed by atoms with Crippen molar-refractivity contribution < 1.29 is 18.3 Å². The van der Waals surface area contributed by atoms with Gasteiger partial charge in [-0.3, -0.25) is 4.68 Å². The van der Waals surface area contributed by atoms with E-state index in [-0.39, 0.29) is 17.1 Å². The average Bonchev–Trinajstić information content (AvgIpc) is 2.84. The fraction of sp³-hybridized carbons (Fsp3) is 0.250. The third-order valence-electron chi connectivity index (χ3n) is 2.82. The summed E-state index contributed by atoms with van der Waals surface area (Å²) in [6.45, 7) is 0.151. The molecule has 0 saturated heterocycles. The number of aromatic nitrogens is 3. The highest BCUT2D eigenvalue weighted by Crippen LogP contribution is 2.14. The molecule has 112 valence electrons. The molecule has 0 unspecified atom stereocenters. The van der Waals surface area contributed by atoms with Crippen LogP contribution in [-0.4, -0.2) is 45.6 Å². The summed E-state index contributed by atoms with van der Waals surface area (Å²) in [6, 6.07) is 2.39. The number of carbonyl (C=O) groups is 1. The lowest BCUT2D eigenvalue weighted by Gasteiger charge is -2.15. The topological polar surface area (TPSA) is 105 Å². The second kappa shape index (κ2) is 5.62. The maximum atomic E-state index is 12.3. The van der Waals surface area contributed by atoms with Crippen LogP contribution in [0.2, 0.25) is 0 Å². The Bertz CT molecular complexity index is 752. The van der Waals surface area contributed by atoms with Crippen molar-refractivity contribution in [2.45, 2.75) is 11.6 Å². The molecule has 0 aromatic carbocycles. The SMILES string of the molecule is CN(Cc1cnn(C)c1)S(=O)(=O)c1ccc(C(=O)O)cn1. The summed E-state index contributed by atoms with van der Waals surface area (Å²) in [5.74, 6) is -1.16. The molecule has 0 amide bonds. The molecular weight excluding hydrogens is 296 g/mol. The summed E-state index contributed by atoms with van der Waals surface area (Å²) in [5.41, 5.74) is 0.676. The first kappa shape index (κ1) is 15.1. The molecule has 0 aliphatic rings. The van der Waals surface area contributed by atoms with Crippen molar-refractivity contribution in [1.82, 2.24) is 19.1 Å². The first-order valence-corrected chi connectivity index (χ1v) is 7.38. The minimum atomic E-state index is -3.78. The molecule has 21 heavy (non-hydrogen) atoms. The van der Waals surface area contributed by atoms with E-state index in [1.807, 2.05) is 0 Å². The maximum Gasteiger partial charge on any atom is 0.337 e. The van der Waals surface area contributed by atoms with Gasteiger partial charge in [-0.15, -0.1) is 0 Å². The molecule has 2 aromatic rings. The minimum Gasteiger partial charge on any atom is -0.478 e. The van der Waals surface area contributed by atoms with Crippen LogP contribution >= 0.6 is 0 Å². The smallest absolute Gasteiger partial charge is 0.337 e. The molecule has 9 heteroatoms. The Balaban J connectivity index is 2.22. The zero-order valence-corrected chi connectivity index (χ0v) is 12.3. The predicted octanol–water partition coefficient (Wildman–Crippen LogP) is 0.334. The van der Waals surface area contributed by atoms with Gasteiger partial charge in [0.2, 0.25) is 0 Å². The first-order valence-electron chi connectivity index (χ1n) is 5.94. The van der Waals surface area contributed by atoms with E-state index in [1.165, 1.54) is 19.2 Å². The third-order valence-corrected chi connectivity index (χ3v) is 4.54. The molecule has 2 heterocycles. The summed E-state index contributed by atoms with van der Waals surface area (Å²) >= 11 is 0. The van der Waals surface area contributed by atoms with E-state index < -0.39 is 16.0 Å². The number of carboxylic acids is 1. The van der Waals surface area contributed by atoms with Gasteiger partial charge in [0, 0.05) is 38.6 Å². The van der Waals surface area contributed by atoms with Crippen molar-refractivity contribution >= 4 is 16.0 Å². The summed E-state index contributed by atoms with van der Waals surface area (Å²) < 4.78 is 27.3. The van der Waals surface area contributed by atoms with Crippen molar-refractivity contribution in [2.75, 3.05) is 7.05 Å². The summed E-state index contributed by atoms with van der Waals surface area (Å²) in [5, 5.41) is 12.6. The van der Waals surface area contributed by atoms with Crippen LogP contribution < -0.4 is 0 Å². The van der Waals surface area contributed by atoms with Crippen LogP contribution in [0.3, 0.4) is 0 Å². The van der Waals surface area contributed by atoms with Crippen molar-refractivity contribution in [1.29, 1.82) is 0 Å². The van der Waals surface area contributed by atoms with Crippen molar-refractivity contribution in [3.8, 4) is 0 Å². The lowest BCUT2D eigenvalue weighted by molar-refractivity contribution is 0.0696. The molecule has 8 nitrogen and oxygen atoms in total. The predicted molar refractivity (Wildman–Crippen MR) is 73.1 cm³/mol. The van der Waals surface area contributed by atoms with E-state index in [0.717, 1.165) is 16.1 Å². The second-order valence-corrected chi connectivity index (χ2v) is 6.47. The maximum absolute atomic E-state index is 12.3. The van der Waals surface area contributed by atoms with Gasteiger partial charge >= 0.3 is 5.97 Å². The second-order valence-electron chi connectivity index (χ2n) is 4.47.